The van der Waals surface area contributed by atoms with Gasteiger partial charge in [-0.1, -0.05) is 6.08 Å². The van der Waals surface area contributed by atoms with Gasteiger partial charge in [0.25, 0.3) is 0 Å². The van der Waals surface area contributed by atoms with E-state index in [9.17, 15) is 4.79 Å². The topological polar surface area (TPSA) is 53.6 Å². The van der Waals surface area contributed by atoms with Crippen LogP contribution >= 0.6 is 0 Å². The molecule has 1 fully saturated rings. The van der Waals surface area contributed by atoms with Crippen molar-refractivity contribution in [2.75, 3.05) is 46.4 Å². The predicted octanol–water partition coefficient (Wildman–Crippen LogP) is 0.625. The van der Waals surface area contributed by atoms with Gasteiger partial charge in [-0.3, -0.25) is 9.69 Å². The number of hydrogen-bond acceptors (Lipinski definition) is 4. The Bertz CT molecular complexity index is 289. The SMILES string of the molecule is C=CCNC(=O)C(C)N1CCC(CNCCOC)CC1. The van der Waals surface area contributed by atoms with Gasteiger partial charge in [-0.2, -0.15) is 0 Å². The summed E-state index contributed by atoms with van der Waals surface area (Å²) in [5, 5.41) is 6.28. The average Bonchev–Trinajstić information content (AvgIpc) is 2.49. The van der Waals surface area contributed by atoms with Crippen LogP contribution in [0.3, 0.4) is 0 Å². The summed E-state index contributed by atoms with van der Waals surface area (Å²) in [4.78, 5) is 14.2. The molecule has 1 atom stereocenters. The standard InChI is InChI=1S/C15H29N3O2/c1-4-7-17-15(19)13(2)18-9-5-14(6-10-18)12-16-8-11-20-3/h4,13-14,16H,1,5-12H2,2-3H3,(H,17,19). The maximum absolute atomic E-state index is 11.9. The normalized spacial score (nSPS) is 18.7. The lowest BCUT2D eigenvalue weighted by Gasteiger charge is -2.35. The summed E-state index contributed by atoms with van der Waals surface area (Å²) in [5.74, 6) is 0.813. The molecule has 1 saturated heterocycles. The Morgan fingerprint density at radius 1 is 1.50 bits per heavy atom. The fourth-order valence-electron chi connectivity index (χ4n) is 2.51. The smallest absolute Gasteiger partial charge is 0.237 e. The van der Waals surface area contributed by atoms with Crippen molar-refractivity contribution in [3.8, 4) is 0 Å². The van der Waals surface area contributed by atoms with Crippen LogP contribution in [0.1, 0.15) is 19.8 Å². The van der Waals surface area contributed by atoms with E-state index >= 15 is 0 Å². The van der Waals surface area contributed by atoms with E-state index in [4.69, 9.17) is 4.74 Å². The molecule has 0 spiro atoms. The van der Waals surface area contributed by atoms with E-state index in [0.717, 1.165) is 45.6 Å². The lowest BCUT2D eigenvalue weighted by molar-refractivity contribution is -0.126. The van der Waals surface area contributed by atoms with Crippen molar-refractivity contribution >= 4 is 5.91 Å². The zero-order chi connectivity index (χ0) is 14.8. The van der Waals surface area contributed by atoms with E-state index in [1.807, 2.05) is 6.92 Å². The highest BCUT2D eigenvalue weighted by Gasteiger charge is 2.25. The van der Waals surface area contributed by atoms with Gasteiger partial charge in [-0.05, 0) is 45.3 Å². The first-order valence-corrected chi connectivity index (χ1v) is 7.51. The van der Waals surface area contributed by atoms with Crippen LogP contribution < -0.4 is 10.6 Å². The fraction of sp³-hybridized carbons (Fsp3) is 0.800. The second kappa shape index (κ2) is 9.91. The summed E-state index contributed by atoms with van der Waals surface area (Å²) in [6.07, 6.45) is 4.01. The molecule has 0 bridgehead atoms. The Balaban J connectivity index is 2.20. The maximum atomic E-state index is 11.9. The van der Waals surface area contributed by atoms with E-state index in [-0.39, 0.29) is 11.9 Å². The molecule has 1 aliphatic rings. The Hall–Kier alpha value is -0.910. The molecule has 1 aliphatic heterocycles. The van der Waals surface area contributed by atoms with Gasteiger partial charge in [0.05, 0.1) is 12.6 Å². The molecule has 1 amide bonds. The molecule has 5 nitrogen and oxygen atoms in total. The molecule has 20 heavy (non-hydrogen) atoms. The number of hydrogen-bond donors (Lipinski definition) is 2. The Morgan fingerprint density at radius 3 is 2.80 bits per heavy atom. The molecule has 1 heterocycles. The third-order valence-electron chi connectivity index (χ3n) is 3.91. The van der Waals surface area contributed by atoms with E-state index < -0.39 is 0 Å². The van der Waals surface area contributed by atoms with Crippen LogP contribution in [0.2, 0.25) is 0 Å². The number of likely N-dealkylation sites (tertiary alicyclic amines) is 1. The minimum atomic E-state index is -0.0441. The minimum absolute atomic E-state index is 0.0441. The third kappa shape index (κ3) is 6.03. The van der Waals surface area contributed by atoms with Gasteiger partial charge in [0.1, 0.15) is 0 Å². The van der Waals surface area contributed by atoms with Crippen LogP contribution in [0.25, 0.3) is 0 Å². The lowest BCUT2D eigenvalue weighted by atomic mass is 9.95. The Morgan fingerprint density at radius 2 is 2.20 bits per heavy atom. The molecule has 0 saturated carbocycles. The second-order valence-corrected chi connectivity index (χ2v) is 5.39. The summed E-state index contributed by atoms with van der Waals surface area (Å²) in [6.45, 7) is 10.9. The summed E-state index contributed by atoms with van der Waals surface area (Å²) >= 11 is 0. The van der Waals surface area contributed by atoms with Gasteiger partial charge in [0, 0.05) is 20.2 Å². The monoisotopic (exact) mass is 283 g/mol. The molecular formula is C15H29N3O2. The number of ether oxygens (including phenoxy) is 1. The van der Waals surface area contributed by atoms with Gasteiger partial charge in [-0.15, -0.1) is 6.58 Å². The first-order valence-electron chi connectivity index (χ1n) is 7.51. The zero-order valence-electron chi connectivity index (χ0n) is 12.9. The second-order valence-electron chi connectivity index (χ2n) is 5.39. The molecule has 5 heteroatoms. The quantitative estimate of drug-likeness (QED) is 0.481. The first-order chi connectivity index (χ1) is 9.69. The third-order valence-corrected chi connectivity index (χ3v) is 3.91. The van der Waals surface area contributed by atoms with E-state index in [0.29, 0.717) is 12.5 Å². The van der Waals surface area contributed by atoms with Crippen molar-refractivity contribution in [2.45, 2.75) is 25.8 Å². The van der Waals surface area contributed by atoms with Crippen molar-refractivity contribution in [2.24, 2.45) is 5.92 Å². The van der Waals surface area contributed by atoms with Crippen LogP contribution in [-0.2, 0) is 9.53 Å². The van der Waals surface area contributed by atoms with Gasteiger partial charge in [-0.25, -0.2) is 0 Å². The molecule has 116 valence electrons. The number of nitrogens with zero attached hydrogens (tertiary/aromatic N) is 1. The molecule has 1 unspecified atom stereocenters. The van der Waals surface area contributed by atoms with Crippen LogP contribution in [0.15, 0.2) is 12.7 Å². The van der Waals surface area contributed by atoms with Crippen molar-refractivity contribution < 1.29 is 9.53 Å². The molecule has 0 aromatic heterocycles. The van der Waals surface area contributed by atoms with E-state index in [1.54, 1.807) is 13.2 Å². The highest BCUT2D eigenvalue weighted by Crippen LogP contribution is 2.18. The molecule has 0 aliphatic carbocycles. The van der Waals surface area contributed by atoms with Crippen LogP contribution in [0.5, 0.6) is 0 Å². The van der Waals surface area contributed by atoms with Crippen LogP contribution in [-0.4, -0.2) is 63.3 Å². The predicted molar refractivity (Wildman–Crippen MR) is 81.7 cm³/mol. The number of piperidine rings is 1. The van der Waals surface area contributed by atoms with Crippen LogP contribution in [0.4, 0.5) is 0 Å². The van der Waals surface area contributed by atoms with Crippen LogP contribution in [0, 0.1) is 5.92 Å². The lowest BCUT2D eigenvalue weighted by Crippen LogP contribution is -2.49. The highest BCUT2D eigenvalue weighted by atomic mass is 16.5. The number of methoxy groups -OCH3 is 1. The number of carbonyl (C=O) groups excluding carboxylic acids is 1. The summed E-state index contributed by atoms with van der Waals surface area (Å²) < 4.78 is 5.02. The number of carbonyl (C=O) groups is 1. The number of amides is 1. The molecule has 0 aromatic rings. The van der Waals surface area contributed by atoms with Gasteiger partial charge in [0.15, 0.2) is 0 Å². The molecule has 0 radical (unpaired) electrons. The van der Waals surface area contributed by atoms with Crippen molar-refractivity contribution in [1.82, 2.24) is 15.5 Å². The summed E-state index contributed by atoms with van der Waals surface area (Å²) in [7, 11) is 1.72. The largest absolute Gasteiger partial charge is 0.383 e. The summed E-state index contributed by atoms with van der Waals surface area (Å²) in [5.41, 5.74) is 0. The fourth-order valence-corrected chi connectivity index (χ4v) is 2.51. The number of rotatable bonds is 9. The van der Waals surface area contributed by atoms with Gasteiger partial charge in [0.2, 0.25) is 5.91 Å². The first kappa shape index (κ1) is 17.1. The number of nitrogens with one attached hydrogen (secondary N) is 2. The Labute approximate surface area is 122 Å². The maximum Gasteiger partial charge on any atom is 0.237 e. The van der Waals surface area contributed by atoms with E-state index in [2.05, 4.69) is 22.1 Å². The highest BCUT2D eigenvalue weighted by molar-refractivity contribution is 5.81. The Kier molecular flexibility index (Phi) is 8.49. The molecule has 2 N–H and O–H groups in total. The molecular weight excluding hydrogens is 254 g/mol. The van der Waals surface area contributed by atoms with Gasteiger partial charge < -0.3 is 15.4 Å². The summed E-state index contributed by atoms with van der Waals surface area (Å²) in [6, 6.07) is -0.0441. The molecule has 0 aromatic carbocycles. The zero-order valence-corrected chi connectivity index (χ0v) is 12.9. The van der Waals surface area contributed by atoms with Crippen molar-refractivity contribution in [3.63, 3.8) is 0 Å². The van der Waals surface area contributed by atoms with Gasteiger partial charge >= 0.3 is 0 Å². The molecule has 1 rings (SSSR count). The van der Waals surface area contributed by atoms with Crippen molar-refractivity contribution in [3.05, 3.63) is 12.7 Å². The minimum Gasteiger partial charge on any atom is -0.383 e. The van der Waals surface area contributed by atoms with Crippen molar-refractivity contribution in [1.29, 1.82) is 0 Å². The average molecular weight is 283 g/mol. The van der Waals surface area contributed by atoms with E-state index in [1.165, 1.54) is 0 Å².